The smallest absolute Gasteiger partial charge is 0.0899 e. The highest BCUT2D eigenvalue weighted by molar-refractivity contribution is 7.80. The van der Waals surface area contributed by atoms with Crippen LogP contribution >= 0.6 is 12.2 Å². The average Bonchev–Trinajstić information content (AvgIpc) is 2.03. The Labute approximate surface area is 86.5 Å². The van der Waals surface area contributed by atoms with E-state index in [-0.39, 0.29) is 6.04 Å². The first-order chi connectivity index (χ1) is 5.92. The zero-order chi connectivity index (χ0) is 10.1. The number of hydrogen-bond donors (Lipinski definition) is 1. The third kappa shape index (κ3) is 2.92. The molecule has 3 heteroatoms. The first kappa shape index (κ1) is 10.9. The van der Waals surface area contributed by atoms with Crippen LogP contribution in [0.25, 0.3) is 0 Å². The van der Waals surface area contributed by atoms with Gasteiger partial charge in [-0.05, 0) is 38.3 Å². The van der Waals surface area contributed by atoms with Gasteiger partial charge in [-0.25, -0.2) is 0 Å². The Morgan fingerprint density at radius 1 is 1.38 bits per heavy atom. The van der Waals surface area contributed by atoms with Crippen LogP contribution in [0.1, 0.15) is 33.6 Å². The lowest BCUT2D eigenvalue weighted by Gasteiger charge is -2.39. The molecule has 1 fully saturated rings. The molecule has 0 aromatic rings. The standard InChI is InChI=1S/C10H20N2S/c1-8(9(11)13)12-6-4-10(2,3)5-7-12/h8H,4-7H2,1-3H3,(H2,11,13). The molecule has 13 heavy (non-hydrogen) atoms. The number of rotatable bonds is 2. The largest absolute Gasteiger partial charge is 0.392 e. The third-order valence-corrected chi connectivity index (χ3v) is 3.45. The lowest BCUT2D eigenvalue weighted by atomic mass is 9.82. The Balaban J connectivity index is 2.45. The van der Waals surface area contributed by atoms with Gasteiger partial charge in [-0.3, -0.25) is 4.90 Å². The Morgan fingerprint density at radius 3 is 2.23 bits per heavy atom. The monoisotopic (exact) mass is 200 g/mol. The van der Waals surface area contributed by atoms with Crippen LogP contribution < -0.4 is 5.73 Å². The van der Waals surface area contributed by atoms with Crippen LogP contribution in [-0.2, 0) is 0 Å². The summed E-state index contributed by atoms with van der Waals surface area (Å²) in [4.78, 5) is 3.01. The highest BCUT2D eigenvalue weighted by Gasteiger charge is 2.28. The summed E-state index contributed by atoms with van der Waals surface area (Å²) in [5, 5.41) is 0. The van der Waals surface area contributed by atoms with Crippen LogP contribution in [0, 0.1) is 5.41 Å². The van der Waals surface area contributed by atoms with E-state index in [0.29, 0.717) is 10.4 Å². The summed E-state index contributed by atoms with van der Waals surface area (Å²) in [6, 6.07) is 0.270. The molecule has 0 amide bonds. The fourth-order valence-corrected chi connectivity index (χ4v) is 1.85. The van der Waals surface area contributed by atoms with Crippen LogP contribution in [0.4, 0.5) is 0 Å². The molecule has 1 heterocycles. The van der Waals surface area contributed by atoms with E-state index in [4.69, 9.17) is 18.0 Å². The summed E-state index contributed by atoms with van der Waals surface area (Å²) >= 11 is 4.99. The highest BCUT2D eigenvalue weighted by atomic mass is 32.1. The van der Waals surface area contributed by atoms with Gasteiger partial charge in [-0.15, -0.1) is 0 Å². The van der Waals surface area contributed by atoms with Crippen molar-refractivity contribution in [1.82, 2.24) is 4.90 Å². The van der Waals surface area contributed by atoms with Crippen LogP contribution in [0.3, 0.4) is 0 Å². The molecule has 2 N–H and O–H groups in total. The van der Waals surface area contributed by atoms with Crippen molar-refractivity contribution < 1.29 is 0 Å². The first-order valence-electron chi connectivity index (χ1n) is 4.96. The van der Waals surface area contributed by atoms with Gasteiger partial charge in [0.2, 0.25) is 0 Å². The first-order valence-corrected chi connectivity index (χ1v) is 5.36. The Hall–Kier alpha value is -0.150. The van der Waals surface area contributed by atoms with E-state index < -0.39 is 0 Å². The van der Waals surface area contributed by atoms with Crippen LogP contribution in [-0.4, -0.2) is 29.0 Å². The van der Waals surface area contributed by atoms with Crippen LogP contribution in [0.2, 0.25) is 0 Å². The quantitative estimate of drug-likeness (QED) is 0.689. The molecule has 1 unspecified atom stereocenters. The molecule has 0 aromatic heterocycles. The predicted molar refractivity (Wildman–Crippen MR) is 60.8 cm³/mol. The third-order valence-electron chi connectivity index (χ3n) is 3.11. The van der Waals surface area contributed by atoms with Gasteiger partial charge >= 0.3 is 0 Å². The van der Waals surface area contributed by atoms with Crippen molar-refractivity contribution in [3.63, 3.8) is 0 Å². The molecular weight excluding hydrogens is 180 g/mol. The number of hydrogen-bond acceptors (Lipinski definition) is 2. The van der Waals surface area contributed by atoms with Crippen LogP contribution in [0.15, 0.2) is 0 Å². The zero-order valence-electron chi connectivity index (χ0n) is 8.84. The topological polar surface area (TPSA) is 29.3 Å². The number of nitrogens with zero attached hydrogens (tertiary/aromatic N) is 1. The summed E-state index contributed by atoms with van der Waals surface area (Å²) in [7, 11) is 0. The fraction of sp³-hybridized carbons (Fsp3) is 0.900. The van der Waals surface area contributed by atoms with Crippen molar-refractivity contribution in [2.45, 2.75) is 39.7 Å². The molecule has 0 aliphatic carbocycles. The zero-order valence-corrected chi connectivity index (χ0v) is 9.66. The van der Waals surface area contributed by atoms with E-state index >= 15 is 0 Å². The van der Waals surface area contributed by atoms with Gasteiger partial charge in [0, 0.05) is 0 Å². The SMILES string of the molecule is CC(C(N)=S)N1CCC(C)(C)CC1. The Kier molecular flexibility index (Phi) is 3.30. The maximum Gasteiger partial charge on any atom is 0.0899 e. The molecular formula is C10H20N2S. The van der Waals surface area contributed by atoms with Gasteiger partial charge in [0.15, 0.2) is 0 Å². The molecule has 1 aliphatic rings. The molecule has 0 spiro atoms. The molecule has 1 saturated heterocycles. The number of piperidine rings is 1. The van der Waals surface area contributed by atoms with Crippen molar-refractivity contribution in [1.29, 1.82) is 0 Å². The van der Waals surface area contributed by atoms with E-state index in [2.05, 4.69) is 25.7 Å². The van der Waals surface area contributed by atoms with E-state index in [1.807, 2.05) is 0 Å². The van der Waals surface area contributed by atoms with Gasteiger partial charge in [0.05, 0.1) is 11.0 Å². The second kappa shape index (κ2) is 3.93. The summed E-state index contributed by atoms with van der Waals surface area (Å²) in [6.07, 6.45) is 2.50. The Morgan fingerprint density at radius 2 is 1.85 bits per heavy atom. The minimum absolute atomic E-state index is 0.270. The molecule has 2 nitrogen and oxygen atoms in total. The van der Waals surface area contributed by atoms with E-state index in [1.54, 1.807) is 0 Å². The van der Waals surface area contributed by atoms with Crippen molar-refractivity contribution in [3.05, 3.63) is 0 Å². The molecule has 0 radical (unpaired) electrons. The van der Waals surface area contributed by atoms with E-state index in [0.717, 1.165) is 13.1 Å². The number of likely N-dealkylation sites (tertiary alicyclic amines) is 1. The second-order valence-corrected chi connectivity index (χ2v) is 5.25. The average molecular weight is 200 g/mol. The van der Waals surface area contributed by atoms with Crippen molar-refractivity contribution in [3.8, 4) is 0 Å². The van der Waals surface area contributed by atoms with Crippen molar-refractivity contribution in [2.24, 2.45) is 11.1 Å². The highest BCUT2D eigenvalue weighted by Crippen LogP contribution is 2.30. The maximum atomic E-state index is 5.62. The predicted octanol–water partition coefficient (Wildman–Crippen LogP) is 1.78. The number of nitrogens with two attached hydrogens (primary N) is 1. The molecule has 1 rings (SSSR count). The normalized spacial score (nSPS) is 25.5. The van der Waals surface area contributed by atoms with E-state index in [9.17, 15) is 0 Å². The Bertz CT molecular complexity index is 191. The van der Waals surface area contributed by atoms with E-state index in [1.165, 1.54) is 12.8 Å². The molecule has 0 bridgehead atoms. The lowest BCUT2D eigenvalue weighted by molar-refractivity contribution is 0.122. The summed E-state index contributed by atoms with van der Waals surface area (Å²) in [6.45, 7) is 9.02. The van der Waals surface area contributed by atoms with Gasteiger partial charge in [0.25, 0.3) is 0 Å². The summed E-state index contributed by atoms with van der Waals surface area (Å²) in [5.74, 6) is 0. The van der Waals surface area contributed by atoms with Crippen molar-refractivity contribution >= 4 is 17.2 Å². The van der Waals surface area contributed by atoms with Crippen LogP contribution in [0.5, 0.6) is 0 Å². The molecule has 0 aromatic carbocycles. The molecule has 76 valence electrons. The minimum atomic E-state index is 0.270. The fourth-order valence-electron chi connectivity index (χ4n) is 1.70. The van der Waals surface area contributed by atoms with Crippen molar-refractivity contribution in [2.75, 3.05) is 13.1 Å². The van der Waals surface area contributed by atoms with Gasteiger partial charge < -0.3 is 5.73 Å². The molecule has 1 atom stereocenters. The van der Waals surface area contributed by atoms with Gasteiger partial charge in [0.1, 0.15) is 0 Å². The maximum absolute atomic E-state index is 5.62. The number of thiocarbonyl (C=S) groups is 1. The minimum Gasteiger partial charge on any atom is -0.392 e. The lowest BCUT2D eigenvalue weighted by Crippen LogP contribution is -2.47. The summed E-state index contributed by atoms with van der Waals surface area (Å²) in [5.41, 5.74) is 6.13. The molecule has 0 saturated carbocycles. The second-order valence-electron chi connectivity index (χ2n) is 4.78. The van der Waals surface area contributed by atoms with Gasteiger partial charge in [-0.1, -0.05) is 26.1 Å². The molecule has 1 aliphatic heterocycles. The van der Waals surface area contributed by atoms with Gasteiger partial charge in [-0.2, -0.15) is 0 Å². The summed E-state index contributed by atoms with van der Waals surface area (Å²) < 4.78 is 0.